The average molecular weight is 243 g/mol. The molecule has 0 amide bonds. The third-order valence-electron chi connectivity index (χ3n) is 3.05. The molecular weight excluding hydrogens is 230 g/mol. The number of phenolic OH excluding ortho intramolecular Hbond substituents is 1. The lowest BCUT2D eigenvalue weighted by atomic mass is 9.97. The monoisotopic (exact) mass is 243 g/mol. The van der Waals surface area contributed by atoms with Crippen LogP contribution >= 0.6 is 0 Å². The van der Waals surface area contributed by atoms with Gasteiger partial charge < -0.3 is 14.9 Å². The maximum Gasteiger partial charge on any atom is 0.150 e. The highest BCUT2D eigenvalue weighted by molar-refractivity contribution is 5.35. The van der Waals surface area contributed by atoms with Gasteiger partial charge in [-0.3, -0.25) is 4.98 Å². The smallest absolute Gasteiger partial charge is 0.150 e. The molecule has 18 heavy (non-hydrogen) atoms. The van der Waals surface area contributed by atoms with Gasteiger partial charge in [-0.15, -0.1) is 0 Å². The second-order valence-electron chi connectivity index (χ2n) is 4.35. The number of aromatic nitrogens is 1. The summed E-state index contributed by atoms with van der Waals surface area (Å²) in [5, 5.41) is 19.6. The van der Waals surface area contributed by atoms with Gasteiger partial charge in [0.05, 0.1) is 5.69 Å². The fourth-order valence-electron chi connectivity index (χ4n) is 2.20. The first-order valence-electron chi connectivity index (χ1n) is 5.81. The van der Waals surface area contributed by atoms with Crippen LogP contribution in [0.4, 0.5) is 0 Å². The number of aliphatic hydroxyl groups is 1. The zero-order valence-electron chi connectivity index (χ0n) is 9.65. The average Bonchev–Trinajstić information content (AvgIpc) is 2.38. The highest BCUT2D eigenvalue weighted by atomic mass is 16.5. The lowest BCUT2D eigenvalue weighted by Gasteiger charge is -2.30. The normalized spacial score (nSPS) is 22.1. The van der Waals surface area contributed by atoms with Crippen molar-refractivity contribution in [1.29, 1.82) is 0 Å². The van der Waals surface area contributed by atoms with Gasteiger partial charge in [-0.1, -0.05) is 12.1 Å². The van der Waals surface area contributed by atoms with Crippen molar-refractivity contribution < 1.29 is 14.9 Å². The molecule has 1 aromatic heterocycles. The summed E-state index contributed by atoms with van der Waals surface area (Å²) >= 11 is 0. The van der Waals surface area contributed by atoms with Gasteiger partial charge in [-0.25, -0.2) is 0 Å². The van der Waals surface area contributed by atoms with Gasteiger partial charge in [0.2, 0.25) is 0 Å². The van der Waals surface area contributed by atoms with Crippen molar-refractivity contribution in [2.45, 2.75) is 18.6 Å². The topological polar surface area (TPSA) is 62.6 Å². The Bertz CT molecular complexity index is 570. The predicted octanol–water partition coefficient (Wildman–Crippen LogP) is 1.82. The number of hydrogen-bond donors (Lipinski definition) is 2. The van der Waals surface area contributed by atoms with E-state index in [1.807, 2.05) is 12.1 Å². The van der Waals surface area contributed by atoms with E-state index in [2.05, 4.69) is 4.98 Å². The number of fused-ring (bicyclic) bond motifs is 1. The molecule has 2 atom stereocenters. The van der Waals surface area contributed by atoms with Crippen molar-refractivity contribution in [2.75, 3.05) is 0 Å². The molecule has 1 aromatic carbocycles. The molecule has 0 fully saturated rings. The molecule has 2 unspecified atom stereocenters. The van der Waals surface area contributed by atoms with Crippen LogP contribution in [0, 0.1) is 0 Å². The summed E-state index contributed by atoms with van der Waals surface area (Å²) in [4.78, 5) is 4.18. The van der Waals surface area contributed by atoms with Crippen LogP contribution in [0.2, 0.25) is 0 Å². The zero-order chi connectivity index (χ0) is 12.5. The lowest BCUT2D eigenvalue weighted by molar-refractivity contribution is 0.0192. The Morgan fingerprint density at radius 2 is 2.11 bits per heavy atom. The molecule has 0 aliphatic carbocycles. The standard InChI is InChI=1S/C14H13NO3/c16-10-4-1-3-9(7-10)14-12(17)8-11-13(18-14)5-2-6-15-11/h1-7,12,14,16-17H,8H2. The maximum absolute atomic E-state index is 10.1. The third-order valence-corrected chi connectivity index (χ3v) is 3.05. The van der Waals surface area contributed by atoms with Crippen molar-refractivity contribution in [1.82, 2.24) is 4.98 Å². The largest absolute Gasteiger partial charge is 0.508 e. The van der Waals surface area contributed by atoms with Gasteiger partial charge >= 0.3 is 0 Å². The fraction of sp³-hybridized carbons (Fsp3) is 0.214. The Balaban J connectivity index is 1.96. The van der Waals surface area contributed by atoms with Crippen LogP contribution in [-0.4, -0.2) is 21.3 Å². The van der Waals surface area contributed by atoms with Crippen LogP contribution in [-0.2, 0) is 6.42 Å². The van der Waals surface area contributed by atoms with Crippen molar-refractivity contribution in [3.8, 4) is 11.5 Å². The molecule has 4 nitrogen and oxygen atoms in total. The van der Waals surface area contributed by atoms with E-state index in [0.717, 1.165) is 11.3 Å². The number of pyridine rings is 1. The van der Waals surface area contributed by atoms with Crippen LogP contribution in [0.5, 0.6) is 11.5 Å². The Morgan fingerprint density at radius 1 is 1.22 bits per heavy atom. The minimum Gasteiger partial charge on any atom is -0.508 e. The Labute approximate surface area is 104 Å². The molecular formula is C14H13NO3. The zero-order valence-corrected chi connectivity index (χ0v) is 9.65. The number of hydrogen-bond acceptors (Lipinski definition) is 4. The summed E-state index contributed by atoms with van der Waals surface area (Å²) in [5.74, 6) is 0.858. The van der Waals surface area contributed by atoms with Gasteiger partial charge in [-0.2, -0.15) is 0 Å². The Kier molecular flexibility index (Phi) is 2.64. The number of aromatic hydroxyl groups is 1. The predicted molar refractivity (Wildman–Crippen MR) is 65.4 cm³/mol. The highest BCUT2D eigenvalue weighted by Crippen LogP contribution is 2.34. The summed E-state index contributed by atoms with van der Waals surface area (Å²) in [6.45, 7) is 0. The molecule has 1 aliphatic heterocycles. The quantitative estimate of drug-likeness (QED) is 0.802. The van der Waals surface area contributed by atoms with Crippen molar-refractivity contribution in [2.24, 2.45) is 0 Å². The summed E-state index contributed by atoms with van der Waals surface area (Å²) in [6, 6.07) is 10.4. The highest BCUT2D eigenvalue weighted by Gasteiger charge is 2.30. The molecule has 0 saturated heterocycles. The minimum absolute atomic E-state index is 0.167. The van der Waals surface area contributed by atoms with Crippen LogP contribution < -0.4 is 4.74 Å². The summed E-state index contributed by atoms with van der Waals surface area (Å²) in [6.07, 6.45) is 1.02. The Hall–Kier alpha value is -2.07. The number of phenols is 1. The number of nitrogens with zero attached hydrogens (tertiary/aromatic N) is 1. The van der Waals surface area contributed by atoms with E-state index < -0.39 is 12.2 Å². The number of aliphatic hydroxyl groups excluding tert-OH is 1. The van der Waals surface area contributed by atoms with Gasteiger partial charge in [0.1, 0.15) is 17.6 Å². The van der Waals surface area contributed by atoms with Gasteiger partial charge in [0, 0.05) is 12.6 Å². The SMILES string of the molecule is Oc1cccc(C2Oc3cccnc3CC2O)c1. The van der Waals surface area contributed by atoms with E-state index in [-0.39, 0.29) is 5.75 Å². The number of rotatable bonds is 1. The van der Waals surface area contributed by atoms with Crippen molar-refractivity contribution >= 4 is 0 Å². The van der Waals surface area contributed by atoms with Gasteiger partial charge in [-0.05, 0) is 29.8 Å². The molecule has 3 rings (SSSR count). The molecule has 0 radical (unpaired) electrons. The van der Waals surface area contributed by atoms with E-state index in [9.17, 15) is 10.2 Å². The third kappa shape index (κ3) is 1.91. The molecule has 92 valence electrons. The second-order valence-corrected chi connectivity index (χ2v) is 4.35. The lowest BCUT2D eigenvalue weighted by Crippen LogP contribution is -2.30. The second kappa shape index (κ2) is 4.31. The molecule has 1 aliphatic rings. The van der Waals surface area contributed by atoms with E-state index in [4.69, 9.17) is 4.74 Å². The number of benzene rings is 1. The van der Waals surface area contributed by atoms with Crippen LogP contribution in [0.1, 0.15) is 17.4 Å². The Morgan fingerprint density at radius 3 is 2.94 bits per heavy atom. The maximum atomic E-state index is 10.1. The molecule has 0 spiro atoms. The van der Waals surface area contributed by atoms with E-state index in [0.29, 0.717) is 12.2 Å². The van der Waals surface area contributed by atoms with E-state index >= 15 is 0 Å². The molecule has 2 N–H and O–H groups in total. The molecule has 0 bridgehead atoms. The first-order valence-corrected chi connectivity index (χ1v) is 5.81. The van der Waals surface area contributed by atoms with Crippen LogP contribution in [0.15, 0.2) is 42.6 Å². The first-order chi connectivity index (χ1) is 8.74. The molecule has 2 aromatic rings. The summed E-state index contributed by atoms with van der Waals surface area (Å²) in [7, 11) is 0. The van der Waals surface area contributed by atoms with E-state index in [1.165, 1.54) is 0 Å². The minimum atomic E-state index is -0.658. The van der Waals surface area contributed by atoms with Crippen LogP contribution in [0.25, 0.3) is 0 Å². The van der Waals surface area contributed by atoms with E-state index in [1.54, 1.807) is 30.5 Å². The fourth-order valence-corrected chi connectivity index (χ4v) is 2.20. The molecule has 0 saturated carbocycles. The van der Waals surface area contributed by atoms with Crippen molar-refractivity contribution in [3.63, 3.8) is 0 Å². The number of ether oxygens (including phenoxy) is 1. The van der Waals surface area contributed by atoms with Gasteiger partial charge in [0.15, 0.2) is 6.10 Å². The molecule has 2 heterocycles. The van der Waals surface area contributed by atoms with Gasteiger partial charge in [0.25, 0.3) is 0 Å². The molecule has 4 heteroatoms. The van der Waals surface area contributed by atoms with Crippen LogP contribution in [0.3, 0.4) is 0 Å². The summed E-state index contributed by atoms with van der Waals surface area (Å²) < 4.78 is 5.76. The van der Waals surface area contributed by atoms with Crippen molar-refractivity contribution in [3.05, 3.63) is 53.9 Å². The first kappa shape index (κ1) is 11.0. The summed E-state index contributed by atoms with van der Waals surface area (Å²) in [5.41, 5.74) is 1.53.